The summed E-state index contributed by atoms with van der Waals surface area (Å²) in [6.07, 6.45) is 1.66. The van der Waals surface area contributed by atoms with E-state index in [2.05, 4.69) is 6.92 Å². The average Bonchev–Trinajstić information content (AvgIpc) is 2.83. The number of carboxylic acid groups (broad SMARTS) is 1. The van der Waals surface area contributed by atoms with Crippen LogP contribution in [0.15, 0.2) is 66.7 Å². The van der Waals surface area contributed by atoms with Crippen molar-refractivity contribution < 1.29 is 24.2 Å². The second-order valence-corrected chi connectivity index (χ2v) is 8.50. The fourth-order valence-corrected chi connectivity index (χ4v) is 3.77. The second-order valence-electron chi connectivity index (χ2n) is 8.09. The molecule has 34 heavy (non-hydrogen) atoms. The number of benzene rings is 3. The van der Waals surface area contributed by atoms with Gasteiger partial charge in [0, 0.05) is 23.4 Å². The Kier molecular flexibility index (Phi) is 9.11. The Hall–Kier alpha value is -3.31. The molecule has 0 amide bonds. The summed E-state index contributed by atoms with van der Waals surface area (Å²) < 4.78 is 12.0. The third-order valence-electron chi connectivity index (χ3n) is 5.49. The number of halogens is 1. The van der Waals surface area contributed by atoms with E-state index in [1.165, 1.54) is 0 Å². The monoisotopic (exact) mass is 480 g/mol. The molecule has 0 saturated carbocycles. The molecule has 3 aromatic carbocycles. The van der Waals surface area contributed by atoms with E-state index in [1.54, 1.807) is 30.3 Å². The Morgan fingerprint density at radius 3 is 2.47 bits per heavy atom. The molecule has 0 aliphatic rings. The van der Waals surface area contributed by atoms with E-state index >= 15 is 0 Å². The zero-order chi connectivity index (χ0) is 24.5. The number of carbonyl (C=O) groups is 2. The minimum absolute atomic E-state index is 0.0305. The highest BCUT2D eigenvalue weighted by Crippen LogP contribution is 2.26. The van der Waals surface area contributed by atoms with Crippen LogP contribution in [0.1, 0.15) is 53.7 Å². The van der Waals surface area contributed by atoms with E-state index in [0.717, 1.165) is 17.5 Å². The summed E-state index contributed by atoms with van der Waals surface area (Å²) in [5.41, 5.74) is 3.04. The van der Waals surface area contributed by atoms with Crippen LogP contribution in [0, 0.1) is 0 Å². The topological polar surface area (TPSA) is 72.8 Å². The highest BCUT2D eigenvalue weighted by Gasteiger charge is 2.17. The van der Waals surface area contributed by atoms with E-state index in [-0.39, 0.29) is 18.3 Å². The van der Waals surface area contributed by atoms with Gasteiger partial charge in [0.1, 0.15) is 11.5 Å². The molecule has 6 heteroatoms. The lowest BCUT2D eigenvalue weighted by Crippen LogP contribution is -2.18. The van der Waals surface area contributed by atoms with Crippen molar-refractivity contribution in [3.63, 3.8) is 0 Å². The zero-order valence-electron chi connectivity index (χ0n) is 19.4. The summed E-state index contributed by atoms with van der Waals surface area (Å²) in [7, 11) is 0. The molecular formula is C28H29ClO5. The summed E-state index contributed by atoms with van der Waals surface area (Å²) in [6, 6.07) is 20.2. The number of carbonyl (C=O) groups excluding carboxylic acids is 1. The van der Waals surface area contributed by atoms with Crippen LogP contribution >= 0.6 is 11.6 Å². The number of rotatable bonds is 12. The summed E-state index contributed by atoms with van der Waals surface area (Å²) in [4.78, 5) is 23.9. The Labute approximate surface area is 205 Å². The van der Waals surface area contributed by atoms with E-state index in [9.17, 15) is 9.59 Å². The average molecular weight is 481 g/mol. The van der Waals surface area contributed by atoms with Crippen molar-refractivity contribution in [3.05, 3.63) is 94.0 Å². The zero-order valence-corrected chi connectivity index (χ0v) is 20.2. The maximum Gasteiger partial charge on any atom is 0.303 e. The van der Waals surface area contributed by atoms with Crippen molar-refractivity contribution in [1.29, 1.82) is 0 Å². The predicted octanol–water partition coefficient (Wildman–Crippen LogP) is 6.39. The molecule has 178 valence electrons. The standard InChI is InChI=1S/C28H29ClO5/c1-3-20-9-13-26(24(17-20)28(32)22-7-5-4-6-8-22)34-19(2)15-16-33-23-12-10-21(25(29)18-23)11-14-27(30)31/h4-10,12-13,17-19H,3,11,14-16H2,1-2H3,(H,30,31). The molecule has 0 fully saturated rings. The lowest BCUT2D eigenvalue weighted by molar-refractivity contribution is -0.136. The molecule has 0 spiro atoms. The Balaban J connectivity index is 1.61. The lowest BCUT2D eigenvalue weighted by atomic mass is 9.99. The summed E-state index contributed by atoms with van der Waals surface area (Å²) >= 11 is 6.25. The minimum Gasteiger partial charge on any atom is -0.493 e. The van der Waals surface area contributed by atoms with Gasteiger partial charge in [0.15, 0.2) is 5.78 Å². The number of ether oxygens (including phenoxy) is 2. The van der Waals surface area contributed by atoms with Gasteiger partial charge in [-0.3, -0.25) is 9.59 Å². The molecule has 5 nitrogen and oxygen atoms in total. The number of aliphatic carboxylic acids is 1. The molecule has 0 radical (unpaired) electrons. The maximum atomic E-state index is 13.1. The lowest BCUT2D eigenvalue weighted by Gasteiger charge is -2.18. The first-order valence-electron chi connectivity index (χ1n) is 11.4. The van der Waals surface area contributed by atoms with Gasteiger partial charge in [-0.1, -0.05) is 61.0 Å². The van der Waals surface area contributed by atoms with Crippen molar-refractivity contribution >= 4 is 23.4 Å². The molecule has 0 aliphatic carbocycles. The number of hydrogen-bond acceptors (Lipinski definition) is 4. The SMILES string of the molecule is CCc1ccc(OC(C)CCOc2ccc(CCC(=O)O)c(Cl)c2)c(C(=O)c2ccccc2)c1. The predicted molar refractivity (Wildman–Crippen MR) is 133 cm³/mol. The fourth-order valence-electron chi connectivity index (χ4n) is 3.50. The van der Waals surface area contributed by atoms with Crippen LogP contribution in [-0.4, -0.2) is 29.6 Å². The van der Waals surface area contributed by atoms with Gasteiger partial charge in [-0.25, -0.2) is 0 Å². The van der Waals surface area contributed by atoms with Crippen molar-refractivity contribution in [1.82, 2.24) is 0 Å². The van der Waals surface area contributed by atoms with E-state index in [4.69, 9.17) is 26.2 Å². The molecule has 0 aliphatic heterocycles. The van der Waals surface area contributed by atoms with Crippen LogP contribution in [0.4, 0.5) is 0 Å². The second kappa shape index (κ2) is 12.2. The van der Waals surface area contributed by atoms with Crippen molar-refractivity contribution in [2.24, 2.45) is 0 Å². The van der Waals surface area contributed by atoms with Crippen LogP contribution in [0.5, 0.6) is 11.5 Å². The fraction of sp³-hybridized carbons (Fsp3) is 0.286. The van der Waals surface area contributed by atoms with Gasteiger partial charge in [-0.05, 0) is 55.2 Å². The summed E-state index contributed by atoms with van der Waals surface area (Å²) in [5.74, 6) is 0.253. The van der Waals surface area contributed by atoms with Crippen LogP contribution < -0.4 is 9.47 Å². The molecule has 0 bridgehead atoms. The number of carboxylic acids is 1. The molecule has 3 rings (SSSR count). The van der Waals surface area contributed by atoms with Gasteiger partial charge in [-0.15, -0.1) is 0 Å². The van der Waals surface area contributed by atoms with Crippen LogP contribution in [0.3, 0.4) is 0 Å². The van der Waals surface area contributed by atoms with Gasteiger partial charge >= 0.3 is 5.97 Å². The van der Waals surface area contributed by atoms with Gasteiger partial charge in [-0.2, -0.15) is 0 Å². The summed E-state index contributed by atoms with van der Waals surface area (Å²) in [6.45, 7) is 4.40. The third kappa shape index (κ3) is 7.09. The largest absolute Gasteiger partial charge is 0.493 e. The number of aryl methyl sites for hydroxylation is 2. The highest BCUT2D eigenvalue weighted by molar-refractivity contribution is 6.31. The van der Waals surface area contributed by atoms with Crippen LogP contribution in [0.25, 0.3) is 0 Å². The van der Waals surface area contributed by atoms with Crippen LogP contribution in [-0.2, 0) is 17.6 Å². The minimum atomic E-state index is -0.858. The Morgan fingerprint density at radius 2 is 1.79 bits per heavy atom. The smallest absolute Gasteiger partial charge is 0.303 e. The first-order chi connectivity index (χ1) is 16.4. The quantitative estimate of drug-likeness (QED) is 0.304. The van der Waals surface area contributed by atoms with Crippen molar-refractivity contribution in [2.75, 3.05) is 6.61 Å². The molecule has 1 unspecified atom stereocenters. The summed E-state index contributed by atoms with van der Waals surface area (Å²) in [5, 5.41) is 9.32. The van der Waals surface area contributed by atoms with Gasteiger partial charge < -0.3 is 14.6 Å². The molecule has 1 N–H and O–H groups in total. The van der Waals surface area contributed by atoms with E-state index < -0.39 is 5.97 Å². The maximum absolute atomic E-state index is 13.1. The van der Waals surface area contributed by atoms with Crippen LogP contribution in [0.2, 0.25) is 5.02 Å². The molecule has 3 aromatic rings. The molecule has 1 atom stereocenters. The first-order valence-corrected chi connectivity index (χ1v) is 11.8. The normalized spacial score (nSPS) is 11.6. The molecular weight excluding hydrogens is 452 g/mol. The van der Waals surface area contributed by atoms with Gasteiger partial charge in [0.2, 0.25) is 0 Å². The number of ketones is 1. The molecule has 0 heterocycles. The number of hydrogen-bond donors (Lipinski definition) is 1. The van der Waals surface area contributed by atoms with Crippen molar-refractivity contribution in [2.45, 2.75) is 45.6 Å². The Morgan fingerprint density at radius 1 is 1.03 bits per heavy atom. The molecule has 0 saturated heterocycles. The molecule has 0 aromatic heterocycles. The first kappa shape index (κ1) is 25.3. The van der Waals surface area contributed by atoms with E-state index in [1.807, 2.05) is 43.3 Å². The highest BCUT2D eigenvalue weighted by atomic mass is 35.5. The Bertz CT molecular complexity index is 1130. The van der Waals surface area contributed by atoms with Gasteiger partial charge in [0.25, 0.3) is 0 Å². The van der Waals surface area contributed by atoms with E-state index in [0.29, 0.717) is 47.1 Å². The van der Waals surface area contributed by atoms with Gasteiger partial charge in [0.05, 0.1) is 18.3 Å². The third-order valence-corrected chi connectivity index (χ3v) is 5.84. The van der Waals surface area contributed by atoms with Crippen molar-refractivity contribution in [3.8, 4) is 11.5 Å².